The van der Waals surface area contributed by atoms with Crippen molar-refractivity contribution >= 4 is 22.6 Å². The van der Waals surface area contributed by atoms with Gasteiger partial charge >= 0.3 is 6.18 Å². The van der Waals surface area contributed by atoms with Gasteiger partial charge in [-0.3, -0.25) is 0 Å². The average Bonchev–Trinajstić information content (AvgIpc) is 2.01. The van der Waals surface area contributed by atoms with Crippen molar-refractivity contribution in [2.45, 2.75) is 6.18 Å². The van der Waals surface area contributed by atoms with Crippen LogP contribution in [0, 0.1) is 14.9 Å². The van der Waals surface area contributed by atoms with Crippen molar-refractivity contribution in [1.82, 2.24) is 0 Å². The van der Waals surface area contributed by atoms with Crippen molar-refractivity contribution in [3.05, 3.63) is 32.9 Å². The lowest BCUT2D eigenvalue weighted by atomic mass is 10.1. The Balaban J connectivity index is 3.23. The Kier molecular flexibility index (Phi) is 2.81. The molecule has 0 spiro atoms. The second kappa shape index (κ2) is 3.54. The zero-order valence-electron chi connectivity index (χ0n) is 6.19. The van der Waals surface area contributed by atoms with Crippen LogP contribution in [0.25, 0.3) is 0 Å². The van der Waals surface area contributed by atoms with Gasteiger partial charge in [-0.25, -0.2) is 0 Å². The molecule has 0 saturated carbocycles. The number of hydrogen-bond acceptors (Lipinski definition) is 1. The summed E-state index contributed by atoms with van der Waals surface area (Å²) in [5.74, 6) is 0. The van der Waals surface area contributed by atoms with E-state index in [0.717, 1.165) is 12.1 Å². The Hall–Kier alpha value is -0.770. The molecule has 0 saturated heterocycles. The van der Waals surface area contributed by atoms with Gasteiger partial charge in [-0.1, -0.05) is 0 Å². The quantitative estimate of drug-likeness (QED) is 0.675. The summed E-state index contributed by atoms with van der Waals surface area (Å²) in [6.45, 7) is 0. The van der Waals surface area contributed by atoms with Crippen LogP contribution in [0.15, 0.2) is 18.2 Å². The normalized spacial score (nSPS) is 11.0. The molecular weight excluding hydrogens is 294 g/mol. The standard InChI is InChI=1S/C8H3F3IN/c9-8(10,11)6-2-1-5(4-13)3-7(6)12/h1-3H. The van der Waals surface area contributed by atoms with Crippen LogP contribution in [0.3, 0.4) is 0 Å². The highest BCUT2D eigenvalue weighted by atomic mass is 127. The van der Waals surface area contributed by atoms with Gasteiger partial charge in [0, 0.05) is 3.57 Å². The minimum absolute atomic E-state index is 0.0455. The highest BCUT2D eigenvalue weighted by molar-refractivity contribution is 14.1. The number of halogens is 4. The molecule has 0 N–H and O–H groups in total. The van der Waals surface area contributed by atoms with E-state index in [1.807, 2.05) is 0 Å². The lowest BCUT2D eigenvalue weighted by Gasteiger charge is -2.08. The second-order valence-corrected chi connectivity index (χ2v) is 3.47. The summed E-state index contributed by atoms with van der Waals surface area (Å²) in [7, 11) is 0. The SMILES string of the molecule is N#Cc1ccc(C(F)(F)F)c(I)c1. The first-order chi connectivity index (χ1) is 5.95. The molecule has 13 heavy (non-hydrogen) atoms. The van der Waals surface area contributed by atoms with Gasteiger partial charge in [-0.05, 0) is 40.8 Å². The van der Waals surface area contributed by atoms with Crippen LogP contribution in [0.2, 0.25) is 0 Å². The molecule has 0 bridgehead atoms. The molecule has 1 rings (SSSR count). The van der Waals surface area contributed by atoms with Crippen LogP contribution in [0.4, 0.5) is 13.2 Å². The lowest BCUT2D eigenvalue weighted by molar-refractivity contribution is -0.138. The summed E-state index contributed by atoms with van der Waals surface area (Å²) < 4.78 is 36.6. The van der Waals surface area contributed by atoms with E-state index in [4.69, 9.17) is 5.26 Å². The topological polar surface area (TPSA) is 23.8 Å². The van der Waals surface area contributed by atoms with Gasteiger partial charge in [0.05, 0.1) is 17.2 Å². The summed E-state index contributed by atoms with van der Waals surface area (Å²) in [5.41, 5.74) is -0.468. The molecule has 0 aromatic heterocycles. The van der Waals surface area contributed by atoms with E-state index in [0.29, 0.717) is 0 Å². The second-order valence-electron chi connectivity index (χ2n) is 2.30. The van der Waals surface area contributed by atoms with E-state index < -0.39 is 11.7 Å². The Labute approximate surface area is 86.3 Å². The molecule has 1 aromatic rings. The maximum Gasteiger partial charge on any atom is 0.417 e. The van der Waals surface area contributed by atoms with Crippen molar-refractivity contribution in [2.75, 3.05) is 0 Å². The molecule has 68 valence electrons. The molecule has 0 fully saturated rings. The van der Waals surface area contributed by atoms with Crippen molar-refractivity contribution in [3.8, 4) is 6.07 Å². The highest BCUT2D eigenvalue weighted by Crippen LogP contribution is 2.32. The Morgan fingerprint density at radius 3 is 2.31 bits per heavy atom. The molecule has 0 heterocycles. The van der Waals surface area contributed by atoms with Crippen molar-refractivity contribution in [3.63, 3.8) is 0 Å². The van der Waals surface area contributed by atoms with E-state index in [9.17, 15) is 13.2 Å². The van der Waals surface area contributed by atoms with Crippen LogP contribution >= 0.6 is 22.6 Å². The smallest absolute Gasteiger partial charge is 0.192 e. The van der Waals surface area contributed by atoms with E-state index in [2.05, 4.69) is 0 Å². The monoisotopic (exact) mass is 297 g/mol. The number of alkyl halides is 3. The van der Waals surface area contributed by atoms with Gasteiger partial charge in [0.15, 0.2) is 0 Å². The van der Waals surface area contributed by atoms with Crippen molar-refractivity contribution in [1.29, 1.82) is 5.26 Å². The van der Waals surface area contributed by atoms with E-state index in [1.165, 1.54) is 6.07 Å². The Bertz CT molecular complexity index is 365. The van der Waals surface area contributed by atoms with Crippen molar-refractivity contribution < 1.29 is 13.2 Å². The molecule has 0 radical (unpaired) electrons. The Morgan fingerprint density at radius 1 is 1.31 bits per heavy atom. The third kappa shape index (κ3) is 2.34. The maximum atomic E-state index is 12.2. The number of nitrogens with zero attached hydrogens (tertiary/aromatic N) is 1. The van der Waals surface area contributed by atoms with Gasteiger partial charge in [0.2, 0.25) is 0 Å². The summed E-state index contributed by atoms with van der Waals surface area (Å²) in [4.78, 5) is 0. The van der Waals surface area contributed by atoms with Crippen LogP contribution in [-0.4, -0.2) is 0 Å². The van der Waals surface area contributed by atoms with E-state index in [1.54, 1.807) is 28.7 Å². The van der Waals surface area contributed by atoms with Crippen molar-refractivity contribution in [2.24, 2.45) is 0 Å². The summed E-state index contributed by atoms with van der Waals surface area (Å²) >= 11 is 1.56. The fourth-order valence-corrected chi connectivity index (χ4v) is 1.64. The molecule has 0 amide bonds. The number of nitriles is 1. The molecule has 0 aliphatic carbocycles. The molecule has 0 aliphatic rings. The van der Waals surface area contributed by atoms with Gasteiger partial charge in [0.25, 0.3) is 0 Å². The lowest BCUT2D eigenvalue weighted by Crippen LogP contribution is -2.07. The molecule has 0 atom stereocenters. The third-order valence-corrected chi connectivity index (χ3v) is 2.30. The predicted octanol–water partition coefficient (Wildman–Crippen LogP) is 3.18. The third-order valence-electron chi connectivity index (χ3n) is 1.40. The molecule has 1 nitrogen and oxygen atoms in total. The predicted molar refractivity (Wildman–Crippen MR) is 48.9 cm³/mol. The summed E-state index contributed by atoms with van der Waals surface area (Å²) in [6.07, 6.45) is -4.34. The zero-order chi connectivity index (χ0) is 10.1. The van der Waals surface area contributed by atoms with Crippen LogP contribution in [0.1, 0.15) is 11.1 Å². The largest absolute Gasteiger partial charge is 0.417 e. The number of hydrogen-bond donors (Lipinski definition) is 0. The molecule has 0 aliphatic heterocycles. The van der Waals surface area contributed by atoms with E-state index in [-0.39, 0.29) is 9.13 Å². The average molecular weight is 297 g/mol. The molecular formula is C8H3F3IN. The molecule has 1 aromatic carbocycles. The van der Waals surface area contributed by atoms with Crippen LogP contribution in [0.5, 0.6) is 0 Å². The van der Waals surface area contributed by atoms with E-state index >= 15 is 0 Å². The van der Waals surface area contributed by atoms with Crippen LogP contribution in [-0.2, 0) is 6.18 Å². The maximum absolute atomic E-state index is 12.2. The van der Waals surface area contributed by atoms with Gasteiger partial charge in [-0.2, -0.15) is 18.4 Å². The van der Waals surface area contributed by atoms with Gasteiger partial charge in [0.1, 0.15) is 0 Å². The minimum Gasteiger partial charge on any atom is -0.192 e. The Morgan fingerprint density at radius 2 is 1.92 bits per heavy atom. The molecule has 5 heteroatoms. The first kappa shape index (κ1) is 10.3. The highest BCUT2D eigenvalue weighted by Gasteiger charge is 2.32. The van der Waals surface area contributed by atoms with Gasteiger partial charge < -0.3 is 0 Å². The number of benzene rings is 1. The van der Waals surface area contributed by atoms with Gasteiger partial charge in [-0.15, -0.1) is 0 Å². The summed E-state index contributed by atoms with van der Waals surface area (Å²) in [6, 6.07) is 5.06. The summed E-state index contributed by atoms with van der Waals surface area (Å²) in [5, 5.41) is 8.42. The first-order valence-electron chi connectivity index (χ1n) is 3.22. The van der Waals surface area contributed by atoms with Crippen LogP contribution < -0.4 is 0 Å². The fourth-order valence-electron chi connectivity index (χ4n) is 0.815. The first-order valence-corrected chi connectivity index (χ1v) is 4.30. The molecule has 0 unspecified atom stereocenters. The zero-order valence-corrected chi connectivity index (χ0v) is 8.35. The minimum atomic E-state index is -4.34. The fraction of sp³-hybridized carbons (Fsp3) is 0.125. The number of rotatable bonds is 0.